The fourth-order valence-electron chi connectivity index (χ4n) is 2.07. The van der Waals surface area contributed by atoms with Gasteiger partial charge < -0.3 is 9.47 Å². The third-order valence-corrected chi connectivity index (χ3v) is 2.84. The monoisotopic (exact) mass is 373 g/mol. The summed E-state index contributed by atoms with van der Waals surface area (Å²) in [6.45, 7) is 9.07. The molecule has 0 saturated heterocycles. The molecule has 0 fully saturated rings. The Balaban J connectivity index is 3.58. The van der Waals surface area contributed by atoms with Gasteiger partial charge in [-0.15, -0.1) is 0 Å². The normalized spacial score (nSPS) is 12.0. The van der Waals surface area contributed by atoms with E-state index in [0.29, 0.717) is 12.1 Å². The number of halogens is 2. The van der Waals surface area contributed by atoms with Crippen LogP contribution in [0.15, 0.2) is 12.1 Å². The van der Waals surface area contributed by atoms with Gasteiger partial charge in [-0.05, 0) is 47.6 Å². The van der Waals surface area contributed by atoms with E-state index in [1.54, 1.807) is 0 Å². The van der Waals surface area contributed by atoms with Gasteiger partial charge in [-0.3, -0.25) is 19.7 Å². The maximum atomic E-state index is 13.9. The van der Waals surface area contributed by atoms with Crippen LogP contribution in [-0.2, 0) is 19.1 Å². The Labute approximate surface area is 149 Å². The van der Waals surface area contributed by atoms with E-state index < -0.39 is 56.9 Å². The van der Waals surface area contributed by atoms with Crippen molar-refractivity contribution in [3.05, 3.63) is 39.4 Å². The van der Waals surface area contributed by atoms with Crippen molar-refractivity contribution < 1.29 is 32.8 Å². The predicted molar refractivity (Wildman–Crippen MR) is 87.4 cm³/mol. The van der Waals surface area contributed by atoms with E-state index in [0.717, 1.165) is 0 Å². The lowest BCUT2D eigenvalue weighted by atomic mass is 9.96. The van der Waals surface area contributed by atoms with Crippen molar-refractivity contribution in [2.24, 2.45) is 0 Å². The van der Waals surface area contributed by atoms with E-state index in [4.69, 9.17) is 9.47 Å². The molecular formula is C17H21F2NO6. The lowest BCUT2D eigenvalue weighted by molar-refractivity contribution is -0.388. The predicted octanol–water partition coefficient (Wildman–Crippen LogP) is 3.64. The summed E-state index contributed by atoms with van der Waals surface area (Å²) in [6.07, 6.45) is 0. The van der Waals surface area contributed by atoms with E-state index in [1.807, 2.05) is 0 Å². The number of rotatable bonds is 4. The molecule has 26 heavy (non-hydrogen) atoms. The maximum Gasteiger partial charge on any atom is 0.325 e. The number of hydrogen-bond donors (Lipinski definition) is 0. The number of nitro groups is 1. The summed E-state index contributed by atoms with van der Waals surface area (Å²) in [6, 6.07) is 0.850. The van der Waals surface area contributed by atoms with Crippen molar-refractivity contribution in [3.8, 4) is 0 Å². The summed E-state index contributed by atoms with van der Waals surface area (Å²) >= 11 is 0. The Kier molecular flexibility index (Phi) is 6.06. The minimum absolute atomic E-state index is 0.295. The largest absolute Gasteiger partial charge is 0.459 e. The number of hydrogen-bond acceptors (Lipinski definition) is 6. The molecule has 1 rings (SSSR count). The summed E-state index contributed by atoms with van der Waals surface area (Å²) < 4.78 is 37.8. The van der Waals surface area contributed by atoms with Gasteiger partial charge in [-0.25, -0.2) is 4.39 Å². The van der Waals surface area contributed by atoms with Crippen molar-refractivity contribution in [1.29, 1.82) is 0 Å². The van der Waals surface area contributed by atoms with Gasteiger partial charge in [0.1, 0.15) is 17.0 Å². The highest BCUT2D eigenvalue weighted by Gasteiger charge is 2.41. The van der Waals surface area contributed by atoms with Gasteiger partial charge in [0.2, 0.25) is 5.82 Å². The van der Waals surface area contributed by atoms with Crippen LogP contribution in [0.3, 0.4) is 0 Å². The van der Waals surface area contributed by atoms with Crippen molar-refractivity contribution >= 4 is 17.6 Å². The summed E-state index contributed by atoms with van der Waals surface area (Å²) in [7, 11) is 0. The van der Waals surface area contributed by atoms with Gasteiger partial charge in [-0.2, -0.15) is 4.39 Å². The van der Waals surface area contributed by atoms with Gasteiger partial charge in [0.25, 0.3) is 0 Å². The number of benzene rings is 1. The zero-order valence-electron chi connectivity index (χ0n) is 15.4. The Morgan fingerprint density at radius 3 is 1.77 bits per heavy atom. The number of nitro benzene ring substituents is 1. The highest BCUT2D eigenvalue weighted by atomic mass is 19.1. The fraction of sp³-hybridized carbons (Fsp3) is 0.529. The molecule has 0 amide bonds. The SMILES string of the molecule is CC(C)(C)OC(=O)C(C(=O)OC(C)(C)C)c1cc(F)cc(F)c1[N+](=O)[O-]. The molecular weight excluding hydrogens is 352 g/mol. The van der Waals surface area contributed by atoms with Crippen LogP contribution in [0.2, 0.25) is 0 Å². The number of esters is 2. The average molecular weight is 373 g/mol. The topological polar surface area (TPSA) is 95.7 Å². The van der Waals surface area contributed by atoms with Crippen molar-refractivity contribution in [3.63, 3.8) is 0 Å². The zero-order chi connectivity index (χ0) is 20.4. The van der Waals surface area contributed by atoms with Crippen LogP contribution in [0.25, 0.3) is 0 Å². The second-order valence-electron chi connectivity index (χ2n) is 7.58. The fourth-order valence-corrected chi connectivity index (χ4v) is 2.07. The molecule has 7 nitrogen and oxygen atoms in total. The molecule has 0 aliphatic rings. The van der Waals surface area contributed by atoms with Gasteiger partial charge in [0, 0.05) is 6.07 Å². The smallest absolute Gasteiger partial charge is 0.325 e. The van der Waals surface area contributed by atoms with Crippen LogP contribution in [0, 0.1) is 21.7 Å². The molecule has 0 bridgehead atoms. The molecule has 0 radical (unpaired) electrons. The first-order chi connectivity index (χ1) is 11.6. The standard InChI is InChI=1S/C17H21F2NO6/c1-16(2,3)25-14(21)12(15(22)26-17(4,5)6)10-7-9(18)8-11(19)13(10)20(23)24/h7-8,12H,1-6H3. The first-order valence-corrected chi connectivity index (χ1v) is 7.71. The Hall–Kier alpha value is -2.58. The van der Waals surface area contributed by atoms with E-state index >= 15 is 0 Å². The lowest BCUT2D eigenvalue weighted by Gasteiger charge is -2.26. The molecule has 0 heterocycles. The van der Waals surface area contributed by atoms with Crippen LogP contribution in [0.4, 0.5) is 14.5 Å². The van der Waals surface area contributed by atoms with Crippen molar-refractivity contribution in [2.45, 2.75) is 58.7 Å². The first kappa shape index (κ1) is 21.5. The second kappa shape index (κ2) is 7.35. The molecule has 0 N–H and O–H groups in total. The number of carbonyl (C=O) groups is 2. The number of nitrogens with zero attached hydrogens (tertiary/aromatic N) is 1. The molecule has 0 aliphatic carbocycles. The molecule has 0 aromatic heterocycles. The highest BCUT2D eigenvalue weighted by molar-refractivity contribution is 6.02. The van der Waals surface area contributed by atoms with Gasteiger partial charge in [0.05, 0.1) is 10.5 Å². The van der Waals surface area contributed by atoms with Gasteiger partial charge >= 0.3 is 17.6 Å². The Morgan fingerprint density at radius 2 is 1.42 bits per heavy atom. The lowest BCUT2D eigenvalue weighted by Crippen LogP contribution is -2.36. The molecule has 0 unspecified atom stereocenters. The van der Waals surface area contributed by atoms with Crippen LogP contribution in [0.1, 0.15) is 53.0 Å². The zero-order valence-corrected chi connectivity index (χ0v) is 15.4. The highest BCUT2D eigenvalue weighted by Crippen LogP contribution is 2.34. The van der Waals surface area contributed by atoms with E-state index in [2.05, 4.69) is 0 Å². The minimum atomic E-state index is -2.01. The molecule has 0 atom stereocenters. The first-order valence-electron chi connectivity index (χ1n) is 7.71. The van der Waals surface area contributed by atoms with Gasteiger partial charge in [0.15, 0.2) is 5.92 Å². The summed E-state index contributed by atoms with van der Waals surface area (Å²) in [5, 5.41) is 11.2. The maximum absolute atomic E-state index is 13.9. The molecule has 0 saturated carbocycles. The third kappa shape index (κ3) is 5.75. The number of ether oxygens (including phenoxy) is 2. The van der Waals surface area contributed by atoms with Crippen LogP contribution in [-0.4, -0.2) is 28.1 Å². The molecule has 9 heteroatoms. The molecule has 1 aromatic carbocycles. The summed E-state index contributed by atoms with van der Waals surface area (Å²) in [5.41, 5.74) is -4.04. The van der Waals surface area contributed by atoms with E-state index in [9.17, 15) is 28.5 Å². The summed E-state index contributed by atoms with van der Waals surface area (Å²) in [4.78, 5) is 35.1. The Morgan fingerprint density at radius 1 is 1.00 bits per heavy atom. The third-order valence-electron chi connectivity index (χ3n) is 2.84. The Bertz CT molecular complexity index is 706. The van der Waals surface area contributed by atoms with Gasteiger partial charge in [-0.1, -0.05) is 0 Å². The number of carbonyl (C=O) groups excluding carboxylic acids is 2. The second-order valence-corrected chi connectivity index (χ2v) is 7.58. The molecule has 1 aromatic rings. The van der Waals surface area contributed by atoms with E-state index in [1.165, 1.54) is 41.5 Å². The summed E-state index contributed by atoms with van der Waals surface area (Å²) in [5.74, 6) is -7.12. The minimum Gasteiger partial charge on any atom is -0.459 e. The average Bonchev–Trinajstić information content (AvgIpc) is 2.32. The van der Waals surface area contributed by atoms with Crippen LogP contribution < -0.4 is 0 Å². The van der Waals surface area contributed by atoms with E-state index in [-0.39, 0.29) is 0 Å². The molecule has 144 valence electrons. The van der Waals surface area contributed by atoms with Crippen LogP contribution >= 0.6 is 0 Å². The quantitative estimate of drug-likeness (QED) is 0.346. The van der Waals surface area contributed by atoms with Crippen molar-refractivity contribution in [2.75, 3.05) is 0 Å². The molecule has 0 spiro atoms. The van der Waals surface area contributed by atoms with Crippen molar-refractivity contribution in [1.82, 2.24) is 0 Å². The molecule has 0 aliphatic heterocycles. The van der Waals surface area contributed by atoms with Crippen LogP contribution in [0.5, 0.6) is 0 Å².